The van der Waals surface area contributed by atoms with E-state index in [-0.39, 0.29) is 39.8 Å². The number of fused-ring (bicyclic) bond motifs is 13. The van der Waals surface area contributed by atoms with Crippen molar-refractivity contribution in [1.82, 2.24) is 9.97 Å². The van der Waals surface area contributed by atoms with E-state index in [0.29, 0.717) is 82.6 Å². The van der Waals surface area contributed by atoms with Gasteiger partial charge in [-0.25, -0.2) is 0 Å². The van der Waals surface area contributed by atoms with Crippen LogP contribution in [-0.2, 0) is 0 Å². The molecule has 12 aromatic rings. The van der Waals surface area contributed by atoms with Gasteiger partial charge in [0.1, 0.15) is 11.4 Å². The van der Waals surface area contributed by atoms with E-state index in [2.05, 4.69) is 41.1 Å². The molecule has 2 amide bonds. The van der Waals surface area contributed by atoms with Crippen molar-refractivity contribution >= 4 is 128 Å². The number of para-hydroxylation sites is 3. The summed E-state index contributed by atoms with van der Waals surface area (Å²) in [5.74, 6) is -2.10. The first kappa shape index (κ1) is 44.0. The van der Waals surface area contributed by atoms with Crippen molar-refractivity contribution in [2.75, 3.05) is 10.6 Å². The second-order valence-corrected chi connectivity index (χ2v) is 18.6. The number of H-pyrrole nitrogens is 2. The van der Waals surface area contributed by atoms with Crippen molar-refractivity contribution in [3.05, 3.63) is 203 Å². The maximum atomic E-state index is 14.3. The predicted molar refractivity (Wildman–Crippen MR) is 292 cm³/mol. The Hall–Kier alpha value is -9.98. The Morgan fingerprint density at radius 3 is 1.51 bits per heavy atom. The number of carbonyl (C=O) groups excluding carboxylic acids is 3. The van der Waals surface area contributed by atoms with Crippen LogP contribution in [0.1, 0.15) is 42.2 Å². The Labute approximate surface area is 424 Å². The molecule has 0 aliphatic heterocycles. The number of phenolic OH excluding ortho intramolecular Hbond substituents is 2. The number of rotatable bonds is 8. The number of halogens is 1. The number of aromatic nitrogens is 2. The number of hydrogen-bond donors (Lipinski definition) is 6. The zero-order valence-corrected chi connectivity index (χ0v) is 39.7. The highest BCUT2D eigenvalue weighted by Gasteiger charge is 2.29. The number of nitrogens with one attached hydrogen (secondary N) is 4. The summed E-state index contributed by atoms with van der Waals surface area (Å²) in [7, 11) is 0. The van der Waals surface area contributed by atoms with E-state index in [1.54, 1.807) is 78.9 Å². The number of anilines is 2. The Kier molecular flexibility index (Phi) is 10.2. The van der Waals surface area contributed by atoms with Crippen LogP contribution in [0.25, 0.3) is 76.3 Å². The SMILES string of the molecule is Cc1ccccc1NC(=O)c1cc2ccc3c4ccccc4[nH]c3c2c(N=Nc2ccc3c(c2)C(=O)c2cc(N=Nc4c(O)c(C(=O)Nc5ccc(Cl)cc5)cc5ccc6c7ccccc7[nH]c6c45)ccc2-3)c1O. The van der Waals surface area contributed by atoms with Crippen LogP contribution in [0.3, 0.4) is 0 Å². The fraction of sp³-hybridized carbons (Fsp3) is 0.0167. The molecule has 2 heterocycles. The van der Waals surface area contributed by atoms with Gasteiger partial charge in [-0.05, 0) is 113 Å². The minimum atomic E-state index is -0.564. The first-order chi connectivity index (χ1) is 36.1. The zero-order valence-electron chi connectivity index (χ0n) is 39.0. The summed E-state index contributed by atoms with van der Waals surface area (Å²) >= 11 is 6.09. The van der Waals surface area contributed by atoms with E-state index >= 15 is 0 Å². The van der Waals surface area contributed by atoms with Crippen molar-refractivity contribution in [3.8, 4) is 22.6 Å². The van der Waals surface area contributed by atoms with Crippen LogP contribution in [-0.4, -0.2) is 37.8 Å². The summed E-state index contributed by atoms with van der Waals surface area (Å²) in [5, 5.41) is 54.8. The topological polar surface area (TPSA) is 197 Å². The average molecular weight is 985 g/mol. The van der Waals surface area contributed by atoms with Gasteiger partial charge in [-0.3, -0.25) is 14.4 Å². The molecule has 0 atom stereocenters. The van der Waals surface area contributed by atoms with Gasteiger partial charge < -0.3 is 30.8 Å². The van der Waals surface area contributed by atoms with Crippen LogP contribution in [0, 0.1) is 6.92 Å². The van der Waals surface area contributed by atoms with Crippen molar-refractivity contribution in [2.24, 2.45) is 20.5 Å². The monoisotopic (exact) mass is 984 g/mol. The van der Waals surface area contributed by atoms with Gasteiger partial charge in [0.2, 0.25) is 0 Å². The number of azo groups is 2. The molecular weight excluding hydrogens is 948 g/mol. The Bertz CT molecular complexity index is 4500. The van der Waals surface area contributed by atoms with E-state index in [1.165, 1.54) is 0 Å². The fourth-order valence-electron chi connectivity index (χ4n) is 10.1. The molecule has 0 bridgehead atoms. The summed E-state index contributed by atoms with van der Waals surface area (Å²) in [6, 6.07) is 51.1. The molecular formula is C60H37ClN8O5. The van der Waals surface area contributed by atoms with Gasteiger partial charge in [-0.15, -0.1) is 10.2 Å². The largest absolute Gasteiger partial charge is 0.505 e. The van der Waals surface area contributed by atoms with Crippen molar-refractivity contribution < 1.29 is 24.6 Å². The van der Waals surface area contributed by atoms with E-state index in [1.807, 2.05) is 97.9 Å². The van der Waals surface area contributed by atoms with Gasteiger partial charge in [0.25, 0.3) is 11.8 Å². The van der Waals surface area contributed by atoms with Crippen LogP contribution in [0.2, 0.25) is 5.02 Å². The lowest BCUT2D eigenvalue weighted by Crippen LogP contribution is -2.13. The third-order valence-electron chi connectivity index (χ3n) is 13.8. The van der Waals surface area contributed by atoms with Crippen LogP contribution < -0.4 is 10.6 Å². The normalized spacial score (nSPS) is 12.3. The molecule has 14 heteroatoms. The van der Waals surface area contributed by atoms with Crippen LogP contribution in [0.4, 0.5) is 34.1 Å². The predicted octanol–water partition coefficient (Wildman–Crippen LogP) is 16.2. The number of carbonyl (C=O) groups is 3. The first-order valence-corrected chi connectivity index (χ1v) is 23.9. The molecule has 74 heavy (non-hydrogen) atoms. The molecule has 1 aliphatic carbocycles. The fourth-order valence-corrected chi connectivity index (χ4v) is 10.3. The quantitative estimate of drug-likeness (QED) is 0.0822. The molecule has 6 N–H and O–H groups in total. The number of nitrogens with zero attached hydrogens (tertiary/aromatic N) is 4. The molecule has 13 nitrogen and oxygen atoms in total. The molecule has 0 radical (unpaired) electrons. The lowest BCUT2D eigenvalue weighted by molar-refractivity contribution is 0.101. The Morgan fingerprint density at radius 1 is 0.500 bits per heavy atom. The lowest BCUT2D eigenvalue weighted by atomic mass is 10.00. The van der Waals surface area contributed by atoms with Crippen molar-refractivity contribution in [2.45, 2.75) is 6.92 Å². The maximum absolute atomic E-state index is 14.3. The summed E-state index contributed by atoms with van der Waals surface area (Å²) < 4.78 is 0. The maximum Gasteiger partial charge on any atom is 0.259 e. The highest BCUT2D eigenvalue weighted by molar-refractivity contribution is 6.30. The molecule has 0 unspecified atom stereocenters. The van der Waals surface area contributed by atoms with Crippen LogP contribution in [0.15, 0.2) is 190 Å². The third-order valence-corrected chi connectivity index (χ3v) is 14.0. The highest BCUT2D eigenvalue weighted by Crippen LogP contribution is 2.47. The molecule has 10 aromatic carbocycles. The molecule has 0 fully saturated rings. The third kappa shape index (κ3) is 7.21. The number of aryl methyl sites for hydroxylation is 1. The second kappa shape index (κ2) is 17.1. The number of amides is 2. The molecule has 0 saturated carbocycles. The van der Waals surface area contributed by atoms with Gasteiger partial charge in [0, 0.05) is 70.9 Å². The number of aromatic hydroxyl groups is 2. The summed E-state index contributed by atoms with van der Waals surface area (Å²) in [5.41, 5.74) is 8.06. The van der Waals surface area contributed by atoms with Gasteiger partial charge in [0.05, 0.1) is 33.5 Å². The minimum Gasteiger partial charge on any atom is -0.505 e. The number of phenols is 2. The van der Waals surface area contributed by atoms with Crippen molar-refractivity contribution in [3.63, 3.8) is 0 Å². The van der Waals surface area contributed by atoms with E-state index in [9.17, 15) is 24.6 Å². The van der Waals surface area contributed by atoms with Crippen LogP contribution in [0.5, 0.6) is 11.5 Å². The molecule has 1 aliphatic rings. The summed E-state index contributed by atoms with van der Waals surface area (Å²) in [4.78, 5) is 49.0. The molecule has 2 aromatic heterocycles. The van der Waals surface area contributed by atoms with E-state index < -0.39 is 11.8 Å². The van der Waals surface area contributed by atoms with Gasteiger partial charge in [-0.1, -0.05) is 103 Å². The number of benzene rings is 10. The van der Waals surface area contributed by atoms with Gasteiger partial charge >= 0.3 is 0 Å². The molecule has 0 saturated heterocycles. The Morgan fingerprint density at radius 2 is 0.986 bits per heavy atom. The lowest BCUT2D eigenvalue weighted by Gasteiger charge is -2.13. The second-order valence-electron chi connectivity index (χ2n) is 18.2. The summed E-state index contributed by atoms with van der Waals surface area (Å²) in [6.45, 7) is 1.89. The number of aromatic amines is 2. The smallest absolute Gasteiger partial charge is 0.259 e. The van der Waals surface area contributed by atoms with Crippen molar-refractivity contribution in [1.29, 1.82) is 0 Å². The van der Waals surface area contributed by atoms with Gasteiger partial charge in [-0.2, -0.15) is 10.2 Å². The zero-order chi connectivity index (χ0) is 50.4. The standard InChI is InChI=1S/C60H37ClN8O5/c1-30-8-2-5-11-47(30)65-60(74)46-27-32-15-23-42-40-10-4-7-13-49(40)64-53(42)51(32)55(58(46)72)69-67-36-21-25-38-37-24-20-35(28-43(37)56(70)44(38)29-36)66-68-54-50-31(14-22-41-39-9-3-6-12-48(39)63-52(41)50)26-45(57(54)71)59(73)62-34-18-16-33(61)17-19-34/h2-29,63-64,71-72H,1H3,(H,62,73)(H,65,74). The summed E-state index contributed by atoms with van der Waals surface area (Å²) in [6.07, 6.45) is 0. The number of hydrogen-bond acceptors (Lipinski definition) is 9. The molecule has 0 spiro atoms. The minimum absolute atomic E-state index is 0.0135. The number of ketones is 1. The van der Waals surface area contributed by atoms with E-state index in [4.69, 9.17) is 11.6 Å². The molecule has 354 valence electrons. The first-order valence-electron chi connectivity index (χ1n) is 23.5. The highest BCUT2D eigenvalue weighted by atomic mass is 35.5. The van der Waals surface area contributed by atoms with Crippen LogP contribution >= 0.6 is 11.6 Å². The van der Waals surface area contributed by atoms with E-state index in [0.717, 1.165) is 38.1 Å². The average Bonchev–Trinajstić information content (AvgIpc) is 4.08. The van der Waals surface area contributed by atoms with Gasteiger partial charge in [0.15, 0.2) is 17.3 Å². The Balaban J connectivity index is 0.860. The molecule has 13 rings (SSSR count).